The molecule has 0 aliphatic rings. The smallest absolute Gasteiger partial charge is 0.276 e. The number of fused-ring (bicyclic) bond motifs is 1. The number of aromatic nitrogens is 1. The van der Waals surface area contributed by atoms with E-state index in [0.29, 0.717) is 0 Å². The third kappa shape index (κ3) is 2.63. The van der Waals surface area contributed by atoms with Gasteiger partial charge in [0.15, 0.2) is 4.34 Å². The number of rotatable bonds is 4. The summed E-state index contributed by atoms with van der Waals surface area (Å²) in [7, 11) is 7.34. The molecule has 1 aromatic carbocycles. The fraction of sp³-hybridized carbons (Fsp3) is 0.364. The van der Waals surface area contributed by atoms with E-state index in [-0.39, 0.29) is 0 Å². The maximum absolute atomic E-state index is 12.8. The Morgan fingerprint density at radius 3 is 2.33 bits per heavy atom. The molecule has 2 aromatic rings. The summed E-state index contributed by atoms with van der Waals surface area (Å²) in [6, 6.07) is 7.97. The standard InChI is InChI=1S/C11H16N3OPS2/c1-13(2)16(15,14(3)4)18-11-12-9-7-5-6-8-10(9)17-11/h5-8H,1-4H3. The second kappa shape index (κ2) is 5.31. The van der Waals surface area contributed by atoms with Crippen molar-refractivity contribution in [2.45, 2.75) is 4.34 Å². The highest BCUT2D eigenvalue weighted by Gasteiger charge is 2.31. The SMILES string of the molecule is CN(C)P(=O)(Sc1nc2ccccc2s1)N(C)C. The van der Waals surface area contributed by atoms with Gasteiger partial charge in [0.2, 0.25) is 0 Å². The molecular formula is C11H16N3OPS2. The average molecular weight is 301 g/mol. The second-order valence-electron chi connectivity index (χ2n) is 4.22. The van der Waals surface area contributed by atoms with Crippen LogP contribution in [0, 0.1) is 0 Å². The molecule has 7 heteroatoms. The summed E-state index contributed by atoms with van der Waals surface area (Å²) in [6.45, 7) is -2.61. The Hall–Kier alpha value is -0.390. The molecule has 2 rings (SSSR count). The maximum Gasteiger partial charge on any atom is 0.277 e. The van der Waals surface area contributed by atoms with Crippen LogP contribution in [-0.4, -0.2) is 42.5 Å². The zero-order valence-corrected chi connectivity index (χ0v) is 13.4. The molecule has 1 aromatic heterocycles. The Bertz CT molecular complexity index is 552. The minimum atomic E-state index is -2.61. The van der Waals surface area contributed by atoms with Gasteiger partial charge in [0.1, 0.15) is 0 Å². The van der Waals surface area contributed by atoms with E-state index in [0.717, 1.165) is 14.6 Å². The first-order chi connectivity index (χ1) is 8.43. The molecule has 0 saturated heterocycles. The number of para-hydroxylation sites is 1. The van der Waals surface area contributed by atoms with E-state index in [9.17, 15) is 4.57 Å². The van der Waals surface area contributed by atoms with Gasteiger partial charge in [-0.15, -0.1) is 11.3 Å². The Morgan fingerprint density at radius 1 is 1.17 bits per heavy atom. The number of hydrogen-bond donors (Lipinski definition) is 0. The van der Waals surface area contributed by atoms with Crippen LogP contribution < -0.4 is 0 Å². The average Bonchev–Trinajstić information content (AvgIpc) is 2.70. The summed E-state index contributed by atoms with van der Waals surface area (Å²) in [5, 5.41) is 0. The first-order valence-corrected chi connectivity index (χ1v) is 9.29. The molecule has 0 saturated carbocycles. The zero-order chi connectivity index (χ0) is 13.3. The Labute approximate surface area is 115 Å². The van der Waals surface area contributed by atoms with E-state index in [1.165, 1.54) is 11.4 Å². The molecule has 18 heavy (non-hydrogen) atoms. The van der Waals surface area contributed by atoms with Crippen LogP contribution in [0.1, 0.15) is 0 Å². The van der Waals surface area contributed by atoms with E-state index in [2.05, 4.69) is 4.98 Å². The Kier molecular flexibility index (Phi) is 4.14. The summed E-state index contributed by atoms with van der Waals surface area (Å²) in [5.41, 5.74) is 0.967. The van der Waals surface area contributed by atoms with Crippen LogP contribution in [0.3, 0.4) is 0 Å². The molecular weight excluding hydrogens is 285 g/mol. The van der Waals surface area contributed by atoms with Gasteiger partial charge < -0.3 is 0 Å². The van der Waals surface area contributed by atoms with E-state index < -0.39 is 6.65 Å². The van der Waals surface area contributed by atoms with Crippen molar-refractivity contribution in [2.24, 2.45) is 0 Å². The lowest BCUT2D eigenvalue weighted by Crippen LogP contribution is -2.18. The second-order valence-corrected chi connectivity index (χ2v) is 10.6. The Balaban J connectivity index is 2.35. The van der Waals surface area contributed by atoms with E-state index >= 15 is 0 Å². The fourth-order valence-electron chi connectivity index (χ4n) is 1.51. The summed E-state index contributed by atoms with van der Waals surface area (Å²) < 4.78 is 18.4. The van der Waals surface area contributed by atoms with Crippen LogP contribution >= 0.6 is 29.4 Å². The molecule has 0 amide bonds. The predicted octanol–water partition coefficient (Wildman–Crippen LogP) is 3.62. The largest absolute Gasteiger partial charge is 0.277 e. The number of benzene rings is 1. The number of nitrogens with zero attached hydrogens (tertiary/aromatic N) is 3. The molecule has 0 fully saturated rings. The van der Waals surface area contributed by atoms with Crippen LogP contribution in [0.15, 0.2) is 28.6 Å². The lowest BCUT2D eigenvalue weighted by Gasteiger charge is -2.28. The molecule has 0 N–H and O–H groups in total. The van der Waals surface area contributed by atoms with E-state index in [1.54, 1.807) is 20.7 Å². The highest BCUT2D eigenvalue weighted by molar-refractivity contribution is 8.57. The molecule has 0 bridgehead atoms. The Morgan fingerprint density at radius 2 is 1.78 bits per heavy atom. The highest BCUT2D eigenvalue weighted by Crippen LogP contribution is 2.64. The van der Waals surface area contributed by atoms with Crippen LogP contribution in [0.25, 0.3) is 10.2 Å². The van der Waals surface area contributed by atoms with Gasteiger partial charge in [0.05, 0.1) is 10.2 Å². The third-order valence-corrected chi connectivity index (χ3v) is 9.88. The first-order valence-electron chi connectivity index (χ1n) is 5.44. The van der Waals surface area contributed by atoms with Crippen LogP contribution in [-0.2, 0) is 4.57 Å². The molecule has 1 heterocycles. The van der Waals surface area contributed by atoms with E-state index in [1.807, 2.05) is 52.5 Å². The zero-order valence-electron chi connectivity index (χ0n) is 10.8. The van der Waals surface area contributed by atoms with Crippen molar-refractivity contribution in [1.82, 2.24) is 14.3 Å². The van der Waals surface area contributed by atoms with Gasteiger partial charge in [0.25, 0.3) is 6.65 Å². The topological polar surface area (TPSA) is 36.4 Å². The van der Waals surface area contributed by atoms with Crippen molar-refractivity contribution in [2.75, 3.05) is 28.2 Å². The van der Waals surface area contributed by atoms with Gasteiger partial charge in [0, 0.05) is 11.4 Å². The number of thiazole rings is 1. The fourth-order valence-corrected chi connectivity index (χ4v) is 6.93. The van der Waals surface area contributed by atoms with Gasteiger partial charge in [-0.3, -0.25) is 4.57 Å². The molecule has 0 spiro atoms. The van der Waals surface area contributed by atoms with Crippen LogP contribution in [0.4, 0.5) is 0 Å². The van der Waals surface area contributed by atoms with Crippen molar-refractivity contribution in [3.63, 3.8) is 0 Å². The highest BCUT2D eigenvalue weighted by atomic mass is 32.7. The molecule has 0 atom stereocenters. The van der Waals surface area contributed by atoms with E-state index in [4.69, 9.17) is 0 Å². The van der Waals surface area contributed by atoms with Crippen molar-refractivity contribution < 1.29 is 4.57 Å². The minimum Gasteiger partial charge on any atom is -0.276 e. The summed E-state index contributed by atoms with van der Waals surface area (Å²) >= 11 is 2.93. The lowest BCUT2D eigenvalue weighted by molar-refractivity contribution is 0.468. The minimum absolute atomic E-state index is 0.849. The monoisotopic (exact) mass is 301 g/mol. The van der Waals surface area contributed by atoms with Crippen molar-refractivity contribution in [3.8, 4) is 0 Å². The molecule has 98 valence electrons. The molecule has 0 aliphatic carbocycles. The molecule has 0 radical (unpaired) electrons. The first kappa shape index (κ1) is 14.0. The van der Waals surface area contributed by atoms with Gasteiger partial charge in [-0.25, -0.2) is 14.3 Å². The van der Waals surface area contributed by atoms with Gasteiger partial charge >= 0.3 is 0 Å². The quantitative estimate of drug-likeness (QED) is 0.806. The van der Waals surface area contributed by atoms with Crippen molar-refractivity contribution in [1.29, 1.82) is 0 Å². The predicted molar refractivity (Wildman–Crippen MR) is 80.5 cm³/mol. The molecule has 4 nitrogen and oxygen atoms in total. The van der Waals surface area contributed by atoms with Gasteiger partial charge in [-0.1, -0.05) is 12.1 Å². The van der Waals surface area contributed by atoms with Crippen LogP contribution in [0.5, 0.6) is 0 Å². The van der Waals surface area contributed by atoms with Crippen LogP contribution in [0.2, 0.25) is 0 Å². The van der Waals surface area contributed by atoms with Crippen molar-refractivity contribution in [3.05, 3.63) is 24.3 Å². The third-order valence-electron chi connectivity index (χ3n) is 2.48. The molecule has 0 aliphatic heterocycles. The van der Waals surface area contributed by atoms with Crippen molar-refractivity contribution >= 4 is 39.6 Å². The maximum atomic E-state index is 12.8. The van der Waals surface area contributed by atoms with Gasteiger partial charge in [-0.2, -0.15) is 0 Å². The summed E-state index contributed by atoms with van der Waals surface area (Å²) in [6.07, 6.45) is 0. The normalized spacial score (nSPS) is 12.8. The van der Waals surface area contributed by atoms with Gasteiger partial charge in [-0.05, 0) is 40.3 Å². The lowest BCUT2D eigenvalue weighted by atomic mass is 10.3. The summed E-state index contributed by atoms with van der Waals surface area (Å²) in [4.78, 5) is 4.52. The molecule has 0 unspecified atom stereocenters. The number of hydrogen-bond acceptors (Lipinski definition) is 4. The summed E-state index contributed by atoms with van der Waals surface area (Å²) in [5.74, 6) is 0.